The quantitative estimate of drug-likeness (QED) is 0.649. The Morgan fingerprint density at radius 1 is 1.03 bits per heavy atom. The number of hydrogen-bond acceptors (Lipinski definition) is 9. The third kappa shape index (κ3) is 4.14. The van der Waals surface area contributed by atoms with Crippen LogP contribution in [0.25, 0.3) is 16.9 Å². The van der Waals surface area contributed by atoms with E-state index in [1.54, 1.807) is 34.4 Å². The molecule has 2 aromatic heterocycles. The molecule has 11 heteroatoms. The number of nitrogens with zero attached hydrogens (tertiary/aromatic N) is 8. The monoisotopic (exact) mass is 410 g/mol. The number of carbonyl (C=O) groups excluding carboxylic acids is 1. The normalized spacial score (nSPS) is 13.8. The maximum absolute atomic E-state index is 12.2. The highest BCUT2D eigenvalue weighted by Crippen LogP contribution is 2.31. The Labute approximate surface area is 171 Å². The zero-order chi connectivity index (χ0) is 20.4. The van der Waals surface area contributed by atoms with Crippen molar-refractivity contribution in [1.29, 1.82) is 0 Å². The first-order valence-electron chi connectivity index (χ1n) is 8.73. The zero-order valence-corrected chi connectivity index (χ0v) is 16.8. The summed E-state index contributed by atoms with van der Waals surface area (Å²) in [5.74, 6) is 0.668. The molecule has 0 unspecified atom stereocenters. The summed E-state index contributed by atoms with van der Waals surface area (Å²) in [6, 6.07) is 7.67. The van der Waals surface area contributed by atoms with E-state index in [1.165, 1.54) is 11.2 Å². The van der Waals surface area contributed by atoms with Crippen LogP contribution in [0.2, 0.25) is 0 Å². The maximum Gasteiger partial charge on any atom is 0.418 e. The number of aromatic nitrogens is 6. The second kappa shape index (κ2) is 7.43. The summed E-state index contributed by atoms with van der Waals surface area (Å²) >= 11 is 1.12. The van der Waals surface area contributed by atoms with Gasteiger partial charge in [0.2, 0.25) is 0 Å². The van der Waals surface area contributed by atoms with E-state index in [0.717, 1.165) is 28.7 Å². The maximum atomic E-state index is 12.2. The lowest BCUT2D eigenvalue weighted by Gasteiger charge is -2.26. The minimum atomic E-state index is -0.559. The highest BCUT2D eigenvalue weighted by Gasteiger charge is 2.22. The first-order valence-corrected chi connectivity index (χ1v) is 9.46. The van der Waals surface area contributed by atoms with Crippen molar-refractivity contribution in [3.05, 3.63) is 55.4 Å². The number of amides is 1. The van der Waals surface area contributed by atoms with Crippen molar-refractivity contribution in [3.8, 4) is 16.9 Å². The van der Waals surface area contributed by atoms with Crippen LogP contribution in [0.1, 0.15) is 20.8 Å². The third-order valence-corrected chi connectivity index (χ3v) is 4.37. The average molecular weight is 410 g/mol. The molecule has 0 N–H and O–H groups in total. The Morgan fingerprint density at radius 2 is 1.76 bits per heavy atom. The minimum absolute atomic E-state index is 0.445. The van der Waals surface area contributed by atoms with Gasteiger partial charge in [-0.05, 0) is 43.3 Å². The van der Waals surface area contributed by atoms with Crippen LogP contribution in [0.5, 0.6) is 0 Å². The van der Waals surface area contributed by atoms with Gasteiger partial charge in [-0.2, -0.15) is 8.75 Å². The van der Waals surface area contributed by atoms with Crippen LogP contribution in [0.15, 0.2) is 55.4 Å². The van der Waals surface area contributed by atoms with E-state index in [9.17, 15) is 4.79 Å². The van der Waals surface area contributed by atoms with Gasteiger partial charge in [0.05, 0.1) is 17.4 Å². The van der Waals surface area contributed by atoms with Crippen molar-refractivity contribution in [3.63, 3.8) is 0 Å². The van der Waals surface area contributed by atoms with Crippen LogP contribution in [0, 0.1) is 0 Å². The SMILES string of the molecule is CC(C)(C)OC(=O)N1C=CN(c2nsnc2-c2ccc(-n3cnnn3)cc2)C=C1. The highest BCUT2D eigenvalue weighted by atomic mass is 32.1. The summed E-state index contributed by atoms with van der Waals surface area (Å²) in [6.45, 7) is 5.48. The lowest BCUT2D eigenvalue weighted by atomic mass is 10.1. The van der Waals surface area contributed by atoms with E-state index in [2.05, 4.69) is 24.3 Å². The largest absolute Gasteiger partial charge is 0.443 e. The summed E-state index contributed by atoms with van der Waals surface area (Å²) in [5.41, 5.74) is 1.92. The van der Waals surface area contributed by atoms with Gasteiger partial charge in [-0.3, -0.25) is 4.90 Å². The highest BCUT2D eigenvalue weighted by molar-refractivity contribution is 6.99. The number of tetrazole rings is 1. The van der Waals surface area contributed by atoms with Crippen LogP contribution in [0.3, 0.4) is 0 Å². The predicted molar refractivity (Wildman–Crippen MR) is 107 cm³/mol. The lowest BCUT2D eigenvalue weighted by molar-refractivity contribution is 0.0397. The van der Waals surface area contributed by atoms with Gasteiger partial charge in [0.25, 0.3) is 0 Å². The van der Waals surface area contributed by atoms with Crippen molar-refractivity contribution in [2.75, 3.05) is 4.90 Å². The van der Waals surface area contributed by atoms with Crippen molar-refractivity contribution < 1.29 is 9.53 Å². The fraction of sp³-hybridized carbons (Fsp3) is 0.222. The Balaban J connectivity index is 1.51. The van der Waals surface area contributed by atoms with Gasteiger partial charge in [-0.1, -0.05) is 12.1 Å². The number of carbonyl (C=O) groups is 1. The van der Waals surface area contributed by atoms with Gasteiger partial charge in [0.1, 0.15) is 17.6 Å². The van der Waals surface area contributed by atoms with Gasteiger partial charge in [0, 0.05) is 30.4 Å². The first-order chi connectivity index (χ1) is 13.9. The summed E-state index contributed by atoms with van der Waals surface area (Å²) in [4.78, 5) is 15.3. The molecule has 0 fully saturated rings. The fourth-order valence-corrected chi connectivity index (χ4v) is 3.12. The molecule has 1 aliphatic heterocycles. The minimum Gasteiger partial charge on any atom is -0.443 e. The van der Waals surface area contributed by atoms with Crippen LogP contribution in [-0.4, -0.2) is 45.5 Å². The molecule has 3 aromatic rings. The molecule has 0 atom stereocenters. The van der Waals surface area contributed by atoms with E-state index < -0.39 is 11.7 Å². The molecular weight excluding hydrogens is 392 g/mol. The van der Waals surface area contributed by atoms with E-state index in [4.69, 9.17) is 4.74 Å². The molecule has 0 saturated heterocycles. The van der Waals surface area contributed by atoms with Crippen LogP contribution >= 0.6 is 11.7 Å². The Kier molecular flexibility index (Phi) is 4.80. The summed E-state index contributed by atoms with van der Waals surface area (Å²) in [7, 11) is 0. The van der Waals surface area contributed by atoms with Gasteiger partial charge < -0.3 is 9.64 Å². The predicted octanol–water partition coefficient (Wildman–Crippen LogP) is 3.18. The molecule has 148 valence electrons. The molecule has 1 amide bonds. The molecule has 4 rings (SSSR count). The molecule has 1 aliphatic rings. The second-order valence-corrected chi connectivity index (χ2v) is 7.66. The summed E-state index contributed by atoms with van der Waals surface area (Å²) in [5, 5.41) is 11.1. The second-order valence-electron chi connectivity index (χ2n) is 7.13. The van der Waals surface area contributed by atoms with Crippen molar-refractivity contribution >= 4 is 23.6 Å². The van der Waals surface area contributed by atoms with E-state index in [1.807, 2.05) is 45.0 Å². The number of benzene rings is 1. The van der Waals surface area contributed by atoms with Gasteiger partial charge in [-0.15, -0.1) is 5.10 Å². The molecule has 29 heavy (non-hydrogen) atoms. The van der Waals surface area contributed by atoms with Gasteiger partial charge in [0.15, 0.2) is 5.82 Å². The summed E-state index contributed by atoms with van der Waals surface area (Å²) < 4.78 is 15.8. The lowest BCUT2D eigenvalue weighted by Crippen LogP contribution is -2.32. The molecular formula is C18H18N8O2S. The molecule has 1 aromatic carbocycles. The van der Waals surface area contributed by atoms with E-state index >= 15 is 0 Å². The third-order valence-electron chi connectivity index (χ3n) is 3.85. The Bertz CT molecular complexity index is 1040. The smallest absolute Gasteiger partial charge is 0.418 e. The van der Waals surface area contributed by atoms with E-state index in [-0.39, 0.29) is 0 Å². The standard InChI is InChI=1S/C18H18N8O2S/c1-18(2,3)28-17(27)25-10-8-24(9-11-25)16-15(20-29-21-16)13-4-6-14(7-5-13)26-12-19-22-23-26/h4-12H,1-3H3. The molecule has 0 bridgehead atoms. The van der Waals surface area contributed by atoms with Crippen molar-refractivity contribution in [1.82, 2.24) is 33.9 Å². The molecule has 10 nitrogen and oxygen atoms in total. The number of ether oxygens (including phenoxy) is 1. The van der Waals surface area contributed by atoms with Gasteiger partial charge >= 0.3 is 6.09 Å². The first kappa shape index (κ1) is 18.7. The average Bonchev–Trinajstić information content (AvgIpc) is 3.39. The molecule has 3 heterocycles. The topological polar surface area (TPSA) is 102 Å². The van der Waals surface area contributed by atoms with Crippen molar-refractivity contribution in [2.24, 2.45) is 0 Å². The zero-order valence-electron chi connectivity index (χ0n) is 16.0. The number of hydrogen-bond donors (Lipinski definition) is 0. The summed E-state index contributed by atoms with van der Waals surface area (Å²) in [6.07, 6.45) is 7.80. The fourth-order valence-electron chi connectivity index (χ4n) is 2.55. The van der Waals surface area contributed by atoms with Crippen LogP contribution in [-0.2, 0) is 4.74 Å². The number of rotatable bonds is 3. The Morgan fingerprint density at radius 3 is 2.38 bits per heavy atom. The van der Waals surface area contributed by atoms with Gasteiger partial charge in [-0.25, -0.2) is 9.48 Å². The van der Waals surface area contributed by atoms with E-state index in [0.29, 0.717) is 5.82 Å². The van der Waals surface area contributed by atoms with Crippen LogP contribution in [0.4, 0.5) is 10.6 Å². The molecule has 0 radical (unpaired) electrons. The molecule has 0 aliphatic carbocycles. The van der Waals surface area contributed by atoms with Crippen molar-refractivity contribution in [2.45, 2.75) is 26.4 Å². The molecule has 0 spiro atoms. The Hall–Kier alpha value is -3.60. The molecule has 0 saturated carbocycles. The van der Waals surface area contributed by atoms with Crippen LogP contribution < -0.4 is 4.90 Å². The number of anilines is 1.